The van der Waals surface area contributed by atoms with Crippen LogP contribution in [0.15, 0.2) is 65.2 Å². The van der Waals surface area contributed by atoms with Crippen molar-refractivity contribution in [3.8, 4) is 0 Å². The Hall–Kier alpha value is -3.54. The molecule has 2 heterocycles. The predicted molar refractivity (Wildman–Crippen MR) is 106 cm³/mol. The van der Waals surface area contributed by atoms with Crippen molar-refractivity contribution >= 4 is 33.7 Å². The molecule has 142 valence electrons. The molecule has 0 saturated carbocycles. The molecule has 1 amide bonds. The number of aromatic amines is 1. The smallest absolute Gasteiger partial charge is 0.326 e. The summed E-state index contributed by atoms with van der Waals surface area (Å²) in [7, 11) is 0. The average Bonchev–Trinajstić information content (AvgIpc) is 3.31. The van der Waals surface area contributed by atoms with Crippen LogP contribution >= 0.6 is 0 Å². The first-order chi connectivity index (χ1) is 13.5. The number of carboxylic acid groups (broad SMARTS) is 1. The molecule has 2 atom stereocenters. The lowest BCUT2D eigenvalue weighted by molar-refractivity contribution is -0.142. The number of furan rings is 1. The number of benzene rings is 2. The molecule has 4 aromatic rings. The monoisotopic (exact) mass is 376 g/mol. The summed E-state index contributed by atoms with van der Waals surface area (Å²) in [5, 5.41) is 14.1. The number of nitrogens with one attached hydrogen (secondary N) is 2. The van der Waals surface area contributed by atoms with Gasteiger partial charge in [-0.2, -0.15) is 0 Å². The quantitative estimate of drug-likeness (QED) is 0.477. The fourth-order valence-corrected chi connectivity index (χ4v) is 3.36. The van der Waals surface area contributed by atoms with Gasteiger partial charge in [-0.3, -0.25) is 4.79 Å². The minimum atomic E-state index is -1.07. The summed E-state index contributed by atoms with van der Waals surface area (Å²) in [5.41, 5.74) is 2.48. The molecule has 0 saturated heterocycles. The topological polar surface area (TPSA) is 95.3 Å². The summed E-state index contributed by atoms with van der Waals surface area (Å²) in [5.74, 6) is -1.55. The molecule has 0 aliphatic carbocycles. The summed E-state index contributed by atoms with van der Waals surface area (Å²) in [6, 6.07) is 16.0. The zero-order valence-electron chi connectivity index (χ0n) is 15.3. The van der Waals surface area contributed by atoms with E-state index >= 15 is 0 Å². The Morgan fingerprint density at radius 3 is 2.68 bits per heavy atom. The van der Waals surface area contributed by atoms with E-state index in [4.69, 9.17) is 4.42 Å². The zero-order chi connectivity index (χ0) is 19.7. The normalized spacial score (nSPS) is 13.5. The molecule has 0 unspecified atom stereocenters. The van der Waals surface area contributed by atoms with Crippen molar-refractivity contribution in [1.82, 2.24) is 10.3 Å². The Balaban J connectivity index is 1.52. The molecule has 0 aliphatic rings. The maximum Gasteiger partial charge on any atom is 0.326 e. The Bertz CT molecular complexity index is 1120. The van der Waals surface area contributed by atoms with E-state index < -0.39 is 17.9 Å². The van der Waals surface area contributed by atoms with Gasteiger partial charge < -0.3 is 19.8 Å². The van der Waals surface area contributed by atoms with E-state index in [1.54, 1.807) is 13.1 Å². The highest BCUT2D eigenvalue weighted by molar-refractivity contribution is 5.90. The van der Waals surface area contributed by atoms with Crippen LogP contribution in [0.25, 0.3) is 21.9 Å². The molecule has 28 heavy (non-hydrogen) atoms. The van der Waals surface area contributed by atoms with Gasteiger partial charge in [0.05, 0.1) is 5.92 Å². The van der Waals surface area contributed by atoms with Gasteiger partial charge in [-0.1, -0.05) is 36.4 Å². The zero-order valence-corrected chi connectivity index (χ0v) is 15.3. The number of amides is 1. The van der Waals surface area contributed by atoms with Crippen molar-refractivity contribution in [3.05, 3.63) is 72.1 Å². The molecule has 0 bridgehead atoms. The third kappa shape index (κ3) is 3.36. The number of aliphatic carboxylic acids is 1. The molecule has 0 fully saturated rings. The second kappa shape index (κ2) is 7.23. The first-order valence-electron chi connectivity index (χ1n) is 9.09. The van der Waals surface area contributed by atoms with E-state index in [9.17, 15) is 14.7 Å². The molecule has 3 N–H and O–H groups in total. The van der Waals surface area contributed by atoms with Gasteiger partial charge in [0, 0.05) is 28.9 Å². The number of para-hydroxylation sites is 2. The molecular formula is C22H20N2O4. The fraction of sp³-hybridized carbons (Fsp3) is 0.182. The van der Waals surface area contributed by atoms with E-state index in [0.717, 1.165) is 21.9 Å². The molecule has 0 radical (unpaired) electrons. The minimum Gasteiger partial charge on any atom is -0.480 e. The lowest BCUT2D eigenvalue weighted by atomic mass is 10.0. The van der Waals surface area contributed by atoms with Gasteiger partial charge in [0.25, 0.3) is 0 Å². The summed E-state index contributed by atoms with van der Waals surface area (Å²) >= 11 is 0. The average molecular weight is 376 g/mol. The maximum absolute atomic E-state index is 12.7. The summed E-state index contributed by atoms with van der Waals surface area (Å²) in [4.78, 5) is 27.6. The van der Waals surface area contributed by atoms with Crippen LogP contribution in [0, 0.1) is 0 Å². The lowest BCUT2D eigenvalue weighted by Gasteiger charge is -2.16. The SMILES string of the molecule is C[C@H](C(=O)N[C@@H](Cc1c[nH]c2ccccc12)C(=O)O)c1cc2ccccc2o1. The largest absolute Gasteiger partial charge is 0.480 e. The Morgan fingerprint density at radius 1 is 1.14 bits per heavy atom. The summed E-state index contributed by atoms with van der Waals surface area (Å²) in [6.45, 7) is 1.71. The summed E-state index contributed by atoms with van der Waals surface area (Å²) in [6.07, 6.45) is 1.98. The highest BCUT2D eigenvalue weighted by Gasteiger charge is 2.26. The van der Waals surface area contributed by atoms with Crippen LogP contribution in [0.3, 0.4) is 0 Å². The first-order valence-corrected chi connectivity index (χ1v) is 9.09. The van der Waals surface area contributed by atoms with Crippen LogP contribution in [0.4, 0.5) is 0 Å². The Labute approximate surface area is 161 Å². The molecule has 0 spiro atoms. The van der Waals surface area contributed by atoms with Crippen LogP contribution in [0.2, 0.25) is 0 Å². The van der Waals surface area contributed by atoms with Crippen molar-refractivity contribution in [2.75, 3.05) is 0 Å². The molecule has 6 nitrogen and oxygen atoms in total. The van der Waals surface area contributed by atoms with Crippen molar-refractivity contribution in [2.24, 2.45) is 0 Å². The second-order valence-corrected chi connectivity index (χ2v) is 6.87. The number of aromatic nitrogens is 1. The minimum absolute atomic E-state index is 0.192. The van der Waals surface area contributed by atoms with Crippen LogP contribution in [-0.4, -0.2) is 28.0 Å². The second-order valence-electron chi connectivity index (χ2n) is 6.87. The first kappa shape index (κ1) is 17.9. The third-order valence-corrected chi connectivity index (χ3v) is 4.98. The van der Waals surface area contributed by atoms with E-state index in [2.05, 4.69) is 10.3 Å². The molecular weight excluding hydrogens is 356 g/mol. The van der Waals surface area contributed by atoms with E-state index in [1.807, 2.05) is 54.6 Å². The van der Waals surface area contributed by atoms with E-state index in [1.165, 1.54) is 0 Å². The van der Waals surface area contributed by atoms with Crippen molar-refractivity contribution < 1.29 is 19.1 Å². The maximum atomic E-state index is 12.7. The number of hydrogen-bond acceptors (Lipinski definition) is 3. The van der Waals surface area contributed by atoms with Gasteiger partial charge in [-0.25, -0.2) is 4.79 Å². The highest BCUT2D eigenvalue weighted by Crippen LogP contribution is 2.25. The predicted octanol–water partition coefficient (Wildman–Crippen LogP) is 3.83. The summed E-state index contributed by atoms with van der Waals surface area (Å²) < 4.78 is 5.74. The molecule has 0 aliphatic heterocycles. The number of carbonyl (C=O) groups is 2. The molecule has 6 heteroatoms. The van der Waals surface area contributed by atoms with Gasteiger partial charge in [0.1, 0.15) is 17.4 Å². The number of H-pyrrole nitrogens is 1. The Morgan fingerprint density at radius 2 is 1.89 bits per heavy atom. The van der Waals surface area contributed by atoms with Gasteiger partial charge in [-0.15, -0.1) is 0 Å². The number of rotatable bonds is 6. The lowest BCUT2D eigenvalue weighted by Crippen LogP contribution is -2.43. The number of hydrogen-bond donors (Lipinski definition) is 3. The van der Waals surface area contributed by atoms with E-state index in [-0.39, 0.29) is 12.3 Å². The molecule has 2 aromatic carbocycles. The van der Waals surface area contributed by atoms with Gasteiger partial charge in [0.2, 0.25) is 5.91 Å². The molecule has 2 aromatic heterocycles. The number of carbonyl (C=O) groups excluding carboxylic acids is 1. The van der Waals surface area contributed by atoms with Crippen molar-refractivity contribution in [2.45, 2.75) is 25.3 Å². The van der Waals surface area contributed by atoms with Crippen LogP contribution in [0.1, 0.15) is 24.2 Å². The number of carboxylic acids is 1. The Kier molecular flexibility index (Phi) is 4.61. The molecule has 4 rings (SSSR count). The van der Waals surface area contributed by atoms with E-state index in [0.29, 0.717) is 11.3 Å². The van der Waals surface area contributed by atoms with Crippen LogP contribution in [0.5, 0.6) is 0 Å². The van der Waals surface area contributed by atoms with Crippen molar-refractivity contribution in [3.63, 3.8) is 0 Å². The van der Waals surface area contributed by atoms with Gasteiger partial charge in [-0.05, 0) is 30.7 Å². The standard InChI is InChI=1S/C22H20N2O4/c1-13(20-11-14-6-2-5-9-19(14)28-20)21(25)24-18(22(26)27)10-15-12-23-17-8-4-3-7-16(15)17/h2-9,11-13,18,23H,10H2,1H3,(H,24,25)(H,26,27)/t13-,18-/m0/s1. The third-order valence-electron chi connectivity index (χ3n) is 4.98. The van der Waals surface area contributed by atoms with Gasteiger partial charge in [0.15, 0.2) is 0 Å². The fourth-order valence-electron chi connectivity index (χ4n) is 3.36. The number of fused-ring (bicyclic) bond motifs is 2. The highest BCUT2D eigenvalue weighted by atomic mass is 16.4. The van der Waals surface area contributed by atoms with Crippen molar-refractivity contribution in [1.29, 1.82) is 0 Å². The van der Waals surface area contributed by atoms with Crippen LogP contribution in [-0.2, 0) is 16.0 Å². The van der Waals surface area contributed by atoms with Gasteiger partial charge >= 0.3 is 5.97 Å². The van der Waals surface area contributed by atoms with Crippen LogP contribution < -0.4 is 5.32 Å².